The molecule has 0 fully saturated rings. The van der Waals surface area contributed by atoms with Gasteiger partial charge in [-0.2, -0.15) is 0 Å². The fourth-order valence-corrected chi connectivity index (χ4v) is 3.01. The van der Waals surface area contributed by atoms with Crippen LogP contribution in [0.2, 0.25) is 0 Å². The van der Waals surface area contributed by atoms with Crippen molar-refractivity contribution in [3.63, 3.8) is 0 Å². The van der Waals surface area contributed by atoms with E-state index in [1.54, 1.807) is 17.5 Å². The average Bonchev–Trinajstić information content (AvgIpc) is 2.75. The largest absolute Gasteiger partial charge is 0.367 e. The van der Waals surface area contributed by atoms with Crippen molar-refractivity contribution in [2.45, 2.75) is 13.0 Å². The molecule has 2 aromatic rings. The van der Waals surface area contributed by atoms with Crippen LogP contribution in [-0.4, -0.2) is 9.59 Å². The van der Waals surface area contributed by atoms with Gasteiger partial charge in [0.15, 0.2) is 0 Å². The summed E-state index contributed by atoms with van der Waals surface area (Å²) in [5.41, 5.74) is 0. The van der Waals surface area contributed by atoms with Crippen LogP contribution in [-0.2, 0) is 0 Å². The molecule has 2 rings (SSSR count). The highest BCUT2D eigenvalue weighted by Crippen LogP contribution is 2.29. The predicted molar refractivity (Wildman–Crippen MR) is 64.0 cm³/mol. The van der Waals surface area contributed by atoms with Crippen molar-refractivity contribution in [2.24, 2.45) is 0 Å². The molecule has 2 heterocycles. The number of halogens is 1. The molecule has 0 amide bonds. The van der Waals surface area contributed by atoms with Crippen LogP contribution in [0, 0.1) is 0 Å². The summed E-state index contributed by atoms with van der Waals surface area (Å²) in [6, 6.07) is 4.47. The lowest BCUT2D eigenvalue weighted by Crippen LogP contribution is -2.02. The smallest absolute Gasteiger partial charge is 0.130 e. The van der Waals surface area contributed by atoms with Crippen LogP contribution < -0.4 is 5.32 Å². The molecule has 0 saturated carbocycles. The van der Waals surface area contributed by atoms with Crippen LogP contribution in [0.1, 0.15) is 17.8 Å². The highest BCUT2D eigenvalue weighted by molar-refractivity contribution is 9.11. The Hall–Kier alpha value is -0.460. The summed E-state index contributed by atoms with van der Waals surface area (Å²) in [6.07, 6.45) is 1.74. The third-order valence-corrected chi connectivity index (χ3v) is 4.14. The first kappa shape index (κ1) is 10.1. The number of nitrogens with one attached hydrogen (secondary N) is 1. The van der Waals surface area contributed by atoms with E-state index in [2.05, 4.69) is 49.9 Å². The van der Waals surface area contributed by atoms with Gasteiger partial charge in [-0.1, -0.05) is 4.49 Å². The van der Waals surface area contributed by atoms with E-state index in [9.17, 15) is 0 Å². The maximum absolute atomic E-state index is 3.80. The first-order chi connectivity index (χ1) is 6.75. The lowest BCUT2D eigenvalue weighted by atomic mass is 10.3. The minimum atomic E-state index is 0.300. The van der Waals surface area contributed by atoms with Gasteiger partial charge >= 0.3 is 0 Å². The Morgan fingerprint density at radius 1 is 1.50 bits per heavy atom. The minimum Gasteiger partial charge on any atom is -0.367 e. The molecule has 0 saturated heterocycles. The summed E-state index contributed by atoms with van der Waals surface area (Å²) in [7, 11) is 0. The summed E-state index contributed by atoms with van der Waals surface area (Å²) in [5, 5.41) is 8.11. The van der Waals surface area contributed by atoms with E-state index in [0.717, 1.165) is 8.79 Å². The second-order valence-corrected chi connectivity index (χ2v) is 6.07. The Bertz CT molecular complexity index is 398. The molecule has 0 aliphatic heterocycles. The molecule has 0 aliphatic carbocycles. The Morgan fingerprint density at radius 3 is 2.93 bits per heavy atom. The van der Waals surface area contributed by atoms with E-state index < -0.39 is 0 Å². The quantitative estimate of drug-likeness (QED) is 0.939. The van der Waals surface area contributed by atoms with Gasteiger partial charge in [-0.3, -0.25) is 0 Å². The molecule has 0 bridgehead atoms. The van der Waals surface area contributed by atoms with Crippen molar-refractivity contribution in [3.8, 4) is 0 Å². The fraction of sp³-hybridized carbons (Fsp3) is 0.250. The second kappa shape index (κ2) is 4.37. The minimum absolute atomic E-state index is 0.300. The average molecular weight is 290 g/mol. The first-order valence-corrected chi connectivity index (χ1v) is 6.43. The normalized spacial score (nSPS) is 12.7. The molecule has 0 aliphatic rings. The SMILES string of the molecule is CC(Nc1cnns1)c1ccc(Br)s1. The van der Waals surface area contributed by atoms with Crippen LogP contribution in [0.3, 0.4) is 0 Å². The van der Waals surface area contributed by atoms with Gasteiger partial charge in [0, 0.05) is 16.4 Å². The molecular formula is C8H8BrN3S2. The third kappa shape index (κ3) is 2.31. The van der Waals surface area contributed by atoms with Gasteiger partial charge in [-0.15, -0.1) is 16.4 Å². The number of anilines is 1. The van der Waals surface area contributed by atoms with Gasteiger partial charge in [0.25, 0.3) is 0 Å². The standard InChI is InChI=1S/C8H8BrN3S2/c1-5(6-2-3-7(9)13-6)11-8-4-10-12-14-8/h2-5,11H,1H3. The molecule has 1 unspecified atom stereocenters. The maximum atomic E-state index is 3.80. The Morgan fingerprint density at radius 2 is 2.36 bits per heavy atom. The van der Waals surface area contributed by atoms with Crippen molar-refractivity contribution >= 4 is 43.8 Å². The van der Waals surface area contributed by atoms with Crippen molar-refractivity contribution in [1.82, 2.24) is 9.59 Å². The molecule has 74 valence electrons. The van der Waals surface area contributed by atoms with Crippen molar-refractivity contribution in [3.05, 3.63) is 27.0 Å². The van der Waals surface area contributed by atoms with E-state index in [4.69, 9.17) is 0 Å². The summed E-state index contributed by atoms with van der Waals surface area (Å²) in [6.45, 7) is 2.12. The molecule has 0 radical (unpaired) electrons. The topological polar surface area (TPSA) is 37.8 Å². The van der Waals surface area contributed by atoms with Crippen LogP contribution >= 0.6 is 38.8 Å². The van der Waals surface area contributed by atoms with Gasteiger partial charge in [-0.25, -0.2) is 0 Å². The van der Waals surface area contributed by atoms with Gasteiger partial charge in [0.1, 0.15) is 5.00 Å². The predicted octanol–water partition coefficient (Wildman–Crippen LogP) is 3.54. The number of aromatic nitrogens is 2. The number of thiophene rings is 1. The highest BCUT2D eigenvalue weighted by atomic mass is 79.9. The monoisotopic (exact) mass is 289 g/mol. The summed E-state index contributed by atoms with van der Waals surface area (Å²) in [4.78, 5) is 1.30. The molecule has 2 aromatic heterocycles. The number of rotatable bonds is 3. The Balaban J connectivity index is 2.06. The number of nitrogens with zero attached hydrogens (tertiary/aromatic N) is 2. The molecule has 1 N–H and O–H groups in total. The molecule has 6 heteroatoms. The van der Waals surface area contributed by atoms with E-state index in [1.165, 1.54) is 16.4 Å². The second-order valence-electron chi connectivity index (χ2n) is 2.79. The third-order valence-electron chi connectivity index (χ3n) is 1.74. The summed E-state index contributed by atoms with van der Waals surface area (Å²) >= 11 is 6.56. The van der Waals surface area contributed by atoms with Crippen LogP contribution in [0.4, 0.5) is 5.00 Å². The molecule has 14 heavy (non-hydrogen) atoms. The summed E-state index contributed by atoms with van der Waals surface area (Å²) in [5.74, 6) is 0. The Kier molecular flexibility index (Phi) is 3.15. The molecule has 0 aromatic carbocycles. The highest BCUT2D eigenvalue weighted by Gasteiger charge is 2.08. The van der Waals surface area contributed by atoms with Gasteiger partial charge < -0.3 is 5.32 Å². The van der Waals surface area contributed by atoms with Gasteiger partial charge in [0.2, 0.25) is 0 Å². The maximum Gasteiger partial charge on any atom is 0.130 e. The van der Waals surface area contributed by atoms with E-state index >= 15 is 0 Å². The lowest BCUT2D eigenvalue weighted by Gasteiger charge is -2.09. The number of hydrogen-bond donors (Lipinski definition) is 1. The van der Waals surface area contributed by atoms with E-state index in [0.29, 0.717) is 6.04 Å². The first-order valence-electron chi connectivity index (χ1n) is 4.05. The van der Waals surface area contributed by atoms with Crippen molar-refractivity contribution in [2.75, 3.05) is 5.32 Å². The van der Waals surface area contributed by atoms with Crippen molar-refractivity contribution in [1.29, 1.82) is 0 Å². The van der Waals surface area contributed by atoms with E-state index in [1.807, 2.05) is 0 Å². The molecule has 3 nitrogen and oxygen atoms in total. The summed E-state index contributed by atoms with van der Waals surface area (Å²) < 4.78 is 4.95. The van der Waals surface area contributed by atoms with Gasteiger partial charge in [-0.05, 0) is 35.0 Å². The lowest BCUT2D eigenvalue weighted by molar-refractivity contribution is 0.912. The molecule has 0 spiro atoms. The molecule has 1 atom stereocenters. The molecular weight excluding hydrogens is 282 g/mol. The zero-order chi connectivity index (χ0) is 9.97. The van der Waals surface area contributed by atoms with Gasteiger partial charge in [0.05, 0.1) is 16.0 Å². The zero-order valence-corrected chi connectivity index (χ0v) is 10.6. The van der Waals surface area contributed by atoms with Crippen LogP contribution in [0.15, 0.2) is 22.1 Å². The van der Waals surface area contributed by atoms with E-state index in [-0.39, 0.29) is 0 Å². The van der Waals surface area contributed by atoms with Crippen molar-refractivity contribution < 1.29 is 0 Å². The number of hydrogen-bond acceptors (Lipinski definition) is 5. The van der Waals surface area contributed by atoms with Crippen LogP contribution in [0.5, 0.6) is 0 Å². The van der Waals surface area contributed by atoms with Crippen LogP contribution in [0.25, 0.3) is 0 Å². The fourth-order valence-electron chi connectivity index (χ4n) is 1.08. The Labute approximate surface area is 98.5 Å². The zero-order valence-electron chi connectivity index (χ0n) is 7.40.